The van der Waals surface area contributed by atoms with E-state index in [1.807, 2.05) is 36.5 Å². The Bertz CT molecular complexity index is 1250. The van der Waals surface area contributed by atoms with Crippen LogP contribution < -0.4 is 5.32 Å². The summed E-state index contributed by atoms with van der Waals surface area (Å²) in [6.07, 6.45) is 8.81. The van der Waals surface area contributed by atoms with Gasteiger partial charge in [-0.15, -0.1) is 0 Å². The molecule has 0 aliphatic heterocycles. The Balaban J connectivity index is 1.86. The molecule has 4 aromatic heterocycles. The van der Waals surface area contributed by atoms with Crippen molar-refractivity contribution in [3.63, 3.8) is 0 Å². The van der Waals surface area contributed by atoms with E-state index in [0.29, 0.717) is 10.8 Å². The summed E-state index contributed by atoms with van der Waals surface area (Å²) in [5, 5.41) is 10.5. The molecule has 120 valence electrons. The lowest BCUT2D eigenvalue weighted by Gasteiger charge is -2.09. The van der Waals surface area contributed by atoms with Crippen molar-refractivity contribution in [2.24, 2.45) is 0 Å². The number of rotatable bonds is 2. The van der Waals surface area contributed by atoms with Crippen molar-refractivity contribution < 1.29 is 0 Å². The third-order valence-corrected chi connectivity index (χ3v) is 4.28. The Hall–Kier alpha value is -3.25. The van der Waals surface area contributed by atoms with E-state index in [4.69, 9.17) is 21.7 Å². The topological polar surface area (TPSA) is 68.0 Å². The molecule has 0 aliphatic rings. The minimum Gasteiger partial charge on any atom is -0.340 e. The van der Waals surface area contributed by atoms with Gasteiger partial charge in [-0.25, -0.2) is 9.50 Å². The lowest BCUT2D eigenvalue weighted by Crippen LogP contribution is -1.96. The average molecular weight is 347 g/mol. The quantitative estimate of drug-likeness (QED) is 0.518. The second-order valence-electron chi connectivity index (χ2n) is 5.62. The molecule has 25 heavy (non-hydrogen) atoms. The molecule has 0 amide bonds. The highest BCUT2D eigenvalue weighted by Crippen LogP contribution is 2.33. The van der Waals surface area contributed by atoms with Crippen LogP contribution in [-0.2, 0) is 0 Å². The zero-order valence-corrected chi connectivity index (χ0v) is 13.6. The monoisotopic (exact) mass is 346 g/mol. The third-order valence-electron chi connectivity index (χ3n) is 4.05. The second kappa shape index (κ2) is 5.39. The van der Waals surface area contributed by atoms with Crippen LogP contribution in [-0.4, -0.2) is 24.6 Å². The van der Waals surface area contributed by atoms with Gasteiger partial charge in [-0.05, 0) is 24.3 Å². The van der Waals surface area contributed by atoms with Crippen LogP contribution in [0.5, 0.6) is 0 Å². The Morgan fingerprint density at radius 1 is 1.04 bits per heavy atom. The largest absolute Gasteiger partial charge is 0.340 e. The molecule has 0 radical (unpaired) electrons. The van der Waals surface area contributed by atoms with E-state index in [2.05, 4.69) is 15.3 Å². The predicted octanol–water partition coefficient (Wildman–Crippen LogP) is 4.22. The van der Waals surface area contributed by atoms with Gasteiger partial charge >= 0.3 is 0 Å². The Morgan fingerprint density at radius 3 is 2.88 bits per heavy atom. The van der Waals surface area contributed by atoms with Gasteiger partial charge in [0.2, 0.25) is 0 Å². The van der Waals surface area contributed by atoms with E-state index in [9.17, 15) is 0 Å². The predicted molar refractivity (Wildman–Crippen MR) is 98.3 cm³/mol. The highest BCUT2D eigenvalue weighted by molar-refractivity contribution is 6.30. The minimum absolute atomic E-state index is 0.660. The van der Waals surface area contributed by atoms with Gasteiger partial charge in [0.25, 0.3) is 0 Å². The summed E-state index contributed by atoms with van der Waals surface area (Å²) in [7, 11) is 0. The van der Waals surface area contributed by atoms with E-state index in [0.717, 1.165) is 33.0 Å². The number of anilines is 2. The molecule has 7 heteroatoms. The lowest BCUT2D eigenvalue weighted by atomic mass is 10.2. The van der Waals surface area contributed by atoms with Crippen LogP contribution >= 0.6 is 11.6 Å². The van der Waals surface area contributed by atoms with Gasteiger partial charge in [-0.2, -0.15) is 5.10 Å². The number of pyridine rings is 2. The maximum Gasteiger partial charge on any atom is 0.142 e. The first-order valence-corrected chi connectivity index (χ1v) is 8.06. The maximum atomic E-state index is 6.10. The molecule has 5 rings (SSSR count). The maximum absolute atomic E-state index is 6.10. The van der Waals surface area contributed by atoms with E-state index < -0.39 is 0 Å². The summed E-state index contributed by atoms with van der Waals surface area (Å²) < 4.78 is 1.80. The Kier molecular flexibility index (Phi) is 3.05. The number of nitrogens with one attached hydrogen (secondary N) is 1. The number of hydrogen-bond acceptors (Lipinski definition) is 5. The number of halogens is 1. The molecule has 5 aromatic rings. The molecule has 0 atom stereocenters. The molecule has 1 N–H and O–H groups in total. The summed E-state index contributed by atoms with van der Waals surface area (Å²) in [4.78, 5) is 13.2. The van der Waals surface area contributed by atoms with Gasteiger partial charge in [0.05, 0.1) is 22.6 Å². The van der Waals surface area contributed by atoms with Crippen molar-refractivity contribution in [2.45, 2.75) is 0 Å². The van der Waals surface area contributed by atoms with Gasteiger partial charge in [0.1, 0.15) is 11.3 Å². The third kappa shape index (κ3) is 2.27. The molecule has 0 fully saturated rings. The molecule has 0 saturated heterocycles. The SMILES string of the molecule is Clc1cccc(Nc2nc3ccncc3c3nn4ccncc4c23)c1. The van der Waals surface area contributed by atoms with E-state index in [-0.39, 0.29) is 0 Å². The van der Waals surface area contributed by atoms with Crippen LogP contribution in [0.1, 0.15) is 0 Å². The molecule has 0 bridgehead atoms. The first kappa shape index (κ1) is 14.1. The molecular weight excluding hydrogens is 336 g/mol. The summed E-state index contributed by atoms with van der Waals surface area (Å²) in [5.74, 6) is 0.707. The molecule has 6 nitrogen and oxygen atoms in total. The lowest BCUT2D eigenvalue weighted by molar-refractivity contribution is 0.965. The molecule has 0 unspecified atom stereocenters. The number of nitrogens with zero attached hydrogens (tertiary/aromatic N) is 5. The summed E-state index contributed by atoms with van der Waals surface area (Å²) >= 11 is 6.10. The highest BCUT2D eigenvalue weighted by atomic mass is 35.5. The summed E-state index contributed by atoms with van der Waals surface area (Å²) in [6.45, 7) is 0. The van der Waals surface area contributed by atoms with Crippen LogP contribution in [0.25, 0.3) is 27.3 Å². The van der Waals surface area contributed by atoms with Crippen molar-refractivity contribution in [3.8, 4) is 0 Å². The second-order valence-corrected chi connectivity index (χ2v) is 6.05. The van der Waals surface area contributed by atoms with Crippen LogP contribution in [0.2, 0.25) is 5.02 Å². The minimum atomic E-state index is 0.660. The first-order valence-electron chi connectivity index (χ1n) is 7.68. The summed E-state index contributed by atoms with van der Waals surface area (Å²) in [6, 6.07) is 9.40. The molecular formula is C18H11ClN6. The van der Waals surface area contributed by atoms with Gasteiger partial charge in [-0.3, -0.25) is 9.97 Å². The fourth-order valence-electron chi connectivity index (χ4n) is 2.96. The zero-order valence-electron chi connectivity index (χ0n) is 12.9. The van der Waals surface area contributed by atoms with E-state index in [1.54, 1.807) is 29.3 Å². The van der Waals surface area contributed by atoms with Crippen molar-refractivity contribution in [1.29, 1.82) is 0 Å². The first-order chi connectivity index (χ1) is 12.3. The van der Waals surface area contributed by atoms with Crippen molar-refractivity contribution >= 4 is 50.4 Å². The Morgan fingerprint density at radius 2 is 1.96 bits per heavy atom. The number of fused-ring (bicyclic) bond motifs is 5. The fraction of sp³-hybridized carbons (Fsp3) is 0. The van der Waals surface area contributed by atoms with E-state index >= 15 is 0 Å². The van der Waals surface area contributed by atoms with Gasteiger partial charge < -0.3 is 5.32 Å². The molecule has 1 aromatic carbocycles. The highest BCUT2D eigenvalue weighted by Gasteiger charge is 2.15. The normalized spacial score (nSPS) is 11.4. The molecule has 0 spiro atoms. The van der Waals surface area contributed by atoms with Gasteiger partial charge in [0.15, 0.2) is 0 Å². The van der Waals surface area contributed by atoms with Crippen LogP contribution in [0.3, 0.4) is 0 Å². The van der Waals surface area contributed by atoms with E-state index in [1.165, 1.54) is 0 Å². The zero-order chi connectivity index (χ0) is 16.8. The molecule has 0 aliphatic carbocycles. The van der Waals surface area contributed by atoms with Crippen molar-refractivity contribution in [3.05, 3.63) is 66.3 Å². The van der Waals surface area contributed by atoms with Crippen LogP contribution in [0.4, 0.5) is 11.5 Å². The smallest absolute Gasteiger partial charge is 0.142 e. The number of hydrogen-bond donors (Lipinski definition) is 1. The Labute approximate surface area is 147 Å². The van der Waals surface area contributed by atoms with Crippen molar-refractivity contribution in [1.82, 2.24) is 24.6 Å². The van der Waals surface area contributed by atoms with Crippen LogP contribution in [0.15, 0.2) is 61.3 Å². The average Bonchev–Trinajstić information content (AvgIpc) is 3.02. The van der Waals surface area contributed by atoms with Gasteiger partial charge in [-0.1, -0.05) is 17.7 Å². The number of benzene rings is 1. The fourth-order valence-corrected chi connectivity index (χ4v) is 3.15. The molecule has 0 saturated carbocycles. The van der Waals surface area contributed by atoms with Crippen molar-refractivity contribution in [2.75, 3.05) is 5.32 Å². The van der Waals surface area contributed by atoms with Gasteiger partial charge in [0, 0.05) is 40.9 Å². The summed E-state index contributed by atoms with van der Waals surface area (Å²) in [5.41, 5.74) is 3.39. The standard InChI is InChI=1S/C18H11ClN6/c19-11-2-1-3-12(8-11)22-18-16-15-10-21-6-7-25(15)24-17(16)13-9-20-5-4-14(13)23-18/h1-10H,(H,22,23). The number of aromatic nitrogens is 5. The molecule has 4 heterocycles. The van der Waals surface area contributed by atoms with Crippen LogP contribution in [0, 0.1) is 0 Å².